The third kappa shape index (κ3) is 4.37. The van der Waals surface area contributed by atoms with Crippen molar-refractivity contribution < 1.29 is 4.92 Å². The third-order valence-corrected chi connectivity index (χ3v) is 3.68. The van der Waals surface area contributed by atoms with E-state index < -0.39 is 4.92 Å². The van der Waals surface area contributed by atoms with E-state index in [9.17, 15) is 15.4 Å². The summed E-state index contributed by atoms with van der Waals surface area (Å²) in [4.78, 5) is 18.8. The van der Waals surface area contributed by atoms with Gasteiger partial charge in [-0.25, -0.2) is 9.97 Å². The molecule has 26 heavy (non-hydrogen) atoms. The lowest BCUT2D eigenvalue weighted by atomic mass is 10.1. The van der Waals surface area contributed by atoms with Gasteiger partial charge in [-0.05, 0) is 12.1 Å². The van der Waals surface area contributed by atoms with Gasteiger partial charge in [0, 0.05) is 17.7 Å². The number of thioether (sulfide) groups is 1. The van der Waals surface area contributed by atoms with E-state index in [1.165, 1.54) is 36.0 Å². The number of terminal acetylenes is 1. The summed E-state index contributed by atoms with van der Waals surface area (Å²) in [6, 6.07) is 7.59. The molecule has 2 rings (SSSR count). The molecule has 130 valence electrons. The fourth-order valence-corrected chi connectivity index (χ4v) is 2.39. The number of nitriles is 1. The Morgan fingerprint density at radius 3 is 2.62 bits per heavy atom. The molecule has 1 aromatic heterocycles. The van der Waals surface area contributed by atoms with E-state index >= 15 is 0 Å². The molecule has 0 amide bonds. The number of non-ortho nitro benzene ring substituents is 1. The number of anilines is 1. The third-order valence-electron chi connectivity index (χ3n) is 2.93. The number of nitro groups is 1. The lowest BCUT2D eigenvalue weighted by molar-refractivity contribution is -0.384. The summed E-state index contributed by atoms with van der Waals surface area (Å²) < 4.78 is 0. The molecule has 0 unspecified atom stereocenters. The Morgan fingerprint density at radius 2 is 2.08 bits per heavy atom. The molecule has 0 fully saturated rings. The molecule has 0 saturated heterocycles. The van der Waals surface area contributed by atoms with Crippen LogP contribution in [-0.2, 0) is 0 Å². The molecule has 11 heteroatoms. The van der Waals surface area contributed by atoms with Crippen molar-refractivity contribution in [2.24, 2.45) is 16.6 Å². The van der Waals surface area contributed by atoms with Crippen molar-refractivity contribution in [3.05, 3.63) is 39.9 Å². The minimum absolute atomic E-state index is 0.0777. The average molecular weight is 368 g/mol. The van der Waals surface area contributed by atoms with Gasteiger partial charge in [0.2, 0.25) is 5.96 Å². The van der Waals surface area contributed by atoms with Crippen molar-refractivity contribution in [1.29, 1.82) is 5.26 Å². The Kier molecular flexibility index (Phi) is 5.92. The Labute approximate surface area is 152 Å². The van der Waals surface area contributed by atoms with Gasteiger partial charge in [-0.3, -0.25) is 15.5 Å². The van der Waals surface area contributed by atoms with E-state index in [2.05, 4.69) is 26.4 Å². The first kappa shape index (κ1) is 18.5. The highest BCUT2D eigenvalue weighted by Crippen LogP contribution is 2.30. The molecule has 10 nitrogen and oxygen atoms in total. The van der Waals surface area contributed by atoms with Crippen LogP contribution in [0.4, 0.5) is 11.5 Å². The van der Waals surface area contributed by atoms with Crippen molar-refractivity contribution in [2.45, 2.75) is 5.16 Å². The van der Waals surface area contributed by atoms with Gasteiger partial charge in [0.15, 0.2) is 11.0 Å². The number of hydrogen-bond donors (Lipinski definition) is 3. The number of rotatable bonds is 6. The molecule has 1 aromatic carbocycles. The van der Waals surface area contributed by atoms with Crippen molar-refractivity contribution >= 4 is 29.2 Å². The highest BCUT2D eigenvalue weighted by atomic mass is 32.2. The maximum atomic E-state index is 10.8. The average Bonchev–Trinajstić information content (AvgIpc) is 2.64. The first-order valence-electron chi connectivity index (χ1n) is 6.94. The van der Waals surface area contributed by atoms with E-state index in [-0.39, 0.29) is 28.7 Å². The predicted octanol–water partition coefficient (Wildman–Crippen LogP) is 1.25. The Balaban J connectivity index is 2.59. The van der Waals surface area contributed by atoms with Crippen molar-refractivity contribution in [1.82, 2.24) is 9.97 Å². The van der Waals surface area contributed by atoms with Gasteiger partial charge in [-0.2, -0.15) is 5.26 Å². The summed E-state index contributed by atoms with van der Waals surface area (Å²) in [6.07, 6.45) is 5.25. The fourth-order valence-electron chi connectivity index (χ4n) is 1.87. The van der Waals surface area contributed by atoms with Crippen LogP contribution in [0.1, 0.15) is 5.56 Å². The number of hydrogen-bond acceptors (Lipinski definition) is 8. The fraction of sp³-hybridized carbons (Fsp3) is 0.0667. The van der Waals surface area contributed by atoms with Crippen LogP contribution in [-0.4, -0.2) is 26.6 Å². The molecule has 0 atom stereocenters. The van der Waals surface area contributed by atoms with Crippen molar-refractivity contribution in [3.63, 3.8) is 0 Å². The molecule has 0 bridgehead atoms. The molecule has 5 N–H and O–H groups in total. The van der Waals surface area contributed by atoms with Gasteiger partial charge in [0.1, 0.15) is 11.6 Å². The summed E-state index contributed by atoms with van der Waals surface area (Å²) in [6.45, 7) is 0. The number of nitrogens with two attached hydrogens (primary N) is 2. The molecule has 0 aliphatic carbocycles. The molecule has 0 radical (unpaired) electrons. The molecule has 2 aromatic rings. The number of hydrazone groups is 1. The smallest absolute Gasteiger partial charge is 0.269 e. The SMILES string of the molecule is C#CCSc1nc(NN=C(N)N)c(C#N)c(-c2ccc([N+](=O)[O-])cc2)n1. The van der Waals surface area contributed by atoms with Gasteiger partial charge in [0.25, 0.3) is 5.69 Å². The minimum Gasteiger partial charge on any atom is -0.369 e. The lowest BCUT2D eigenvalue weighted by Gasteiger charge is -2.10. The van der Waals surface area contributed by atoms with E-state index in [0.717, 1.165) is 0 Å². The first-order valence-corrected chi connectivity index (χ1v) is 7.92. The second-order valence-electron chi connectivity index (χ2n) is 4.64. The van der Waals surface area contributed by atoms with Crippen molar-refractivity contribution in [2.75, 3.05) is 11.2 Å². The van der Waals surface area contributed by atoms with E-state index in [1.54, 1.807) is 0 Å². The zero-order valence-corrected chi connectivity index (χ0v) is 14.0. The topological polar surface area (TPSA) is 169 Å². The van der Waals surface area contributed by atoms with Crippen LogP contribution < -0.4 is 16.9 Å². The Bertz CT molecular complexity index is 940. The highest BCUT2D eigenvalue weighted by molar-refractivity contribution is 7.99. The van der Waals surface area contributed by atoms with Crippen LogP contribution in [0.5, 0.6) is 0 Å². The van der Waals surface area contributed by atoms with E-state index in [0.29, 0.717) is 16.5 Å². The summed E-state index contributed by atoms with van der Waals surface area (Å²) in [7, 11) is 0. The second kappa shape index (κ2) is 8.32. The summed E-state index contributed by atoms with van der Waals surface area (Å²) in [5, 5.41) is 24.2. The van der Waals surface area contributed by atoms with E-state index in [1.807, 2.05) is 6.07 Å². The van der Waals surface area contributed by atoms with Gasteiger partial charge < -0.3 is 11.5 Å². The zero-order chi connectivity index (χ0) is 19.1. The summed E-state index contributed by atoms with van der Waals surface area (Å²) in [5.41, 5.74) is 13.8. The molecular weight excluding hydrogens is 356 g/mol. The molecular formula is C15H12N8O2S. The number of guanidine groups is 1. The normalized spacial score (nSPS) is 9.62. The van der Waals surface area contributed by atoms with Crippen LogP contribution in [0, 0.1) is 33.8 Å². The van der Waals surface area contributed by atoms with Gasteiger partial charge in [-0.1, -0.05) is 17.7 Å². The standard InChI is InChI=1S/C15H12N8O2S/c1-2-7-26-15-19-12(9-3-5-10(6-4-9)23(24)25)11(8-16)13(20-15)21-22-14(17)18/h1,3-6H,7H2,(H4,17,18,22)(H,19,20,21). The number of benzene rings is 1. The van der Waals surface area contributed by atoms with Crippen LogP contribution >= 0.6 is 11.8 Å². The second-order valence-corrected chi connectivity index (χ2v) is 5.58. The quantitative estimate of drug-likeness (QED) is 0.129. The first-order chi connectivity index (χ1) is 12.5. The maximum absolute atomic E-state index is 10.8. The zero-order valence-electron chi connectivity index (χ0n) is 13.2. The molecule has 0 aliphatic rings. The van der Waals surface area contributed by atoms with Crippen LogP contribution in [0.15, 0.2) is 34.5 Å². The molecule has 0 saturated carbocycles. The van der Waals surface area contributed by atoms with Crippen LogP contribution in [0.2, 0.25) is 0 Å². The molecule has 1 heterocycles. The Hall–Kier alpha value is -3.83. The number of nitro benzene ring substituents is 1. The lowest BCUT2D eigenvalue weighted by Crippen LogP contribution is -2.24. The summed E-state index contributed by atoms with van der Waals surface area (Å²) in [5.74, 6) is 2.60. The van der Waals surface area contributed by atoms with Crippen LogP contribution in [0.3, 0.4) is 0 Å². The van der Waals surface area contributed by atoms with Gasteiger partial charge in [0.05, 0.1) is 16.4 Å². The molecule has 0 aliphatic heterocycles. The number of aromatic nitrogens is 2. The Morgan fingerprint density at radius 1 is 1.38 bits per heavy atom. The minimum atomic E-state index is -0.519. The molecule has 0 spiro atoms. The van der Waals surface area contributed by atoms with Crippen molar-refractivity contribution in [3.8, 4) is 29.7 Å². The number of nitrogens with zero attached hydrogens (tertiary/aromatic N) is 5. The maximum Gasteiger partial charge on any atom is 0.269 e. The monoisotopic (exact) mass is 368 g/mol. The van der Waals surface area contributed by atoms with Crippen LogP contribution in [0.25, 0.3) is 11.3 Å². The van der Waals surface area contributed by atoms with Gasteiger partial charge >= 0.3 is 0 Å². The highest BCUT2D eigenvalue weighted by Gasteiger charge is 2.17. The summed E-state index contributed by atoms with van der Waals surface area (Å²) >= 11 is 1.18. The number of nitrogens with one attached hydrogen (secondary N) is 1. The predicted molar refractivity (Wildman–Crippen MR) is 97.8 cm³/mol. The van der Waals surface area contributed by atoms with E-state index in [4.69, 9.17) is 17.9 Å². The largest absolute Gasteiger partial charge is 0.369 e. The van der Waals surface area contributed by atoms with Gasteiger partial charge in [-0.15, -0.1) is 11.5 Å².